The molecule has 11 unspecified atom stereocenters. The fourth-order valence-corrected chi connectivity index (χ4v) is 11.6. The third kappa shape index (κ3) is 3.30. The largest absolute Gasteiger partial charge is 0.392 e. The molecule has 34 heavy (non-hydrogen) atoms. The van der Waals surface area contributed by atoms with Gasteiger partial charge in [0.25, 0.3) is 0 Å². The van der Waals surface area contributed by atoms with Crippen molar-refractivity contribution in [1.29, 1.82) is 0 Å². The Morgan fingerprint density at radius 2 is 1.91 bits per heavy atom. The van der Waals surface area contributed by atoms with Crippen molar-refractivity contribution in [2.45, 2.75) is 134 Å². The minimum absolute atomic E-state index is 0.0350. The molecular weight excluding hydrogens is 420 g/mol. The summed E-state index contributed by atoms with van der Waals surface area (Å²) in [5.41, 5.74) is -0.196. The average molecular weight is 473 g/mol. The molecule has 194 valence electrons. The molecule has 0 amide bonds. The quantitative estimate of drug-likeness (QED) is 0.410. The number of aliphatic hydroxyl groups excluding tert-OH is 1. The first kappa shape index (κ1) is 24.2. The van der Waals surface area contributed by atoms with Gasteiger partial charge in [0, 0.05) is 24.0 Å². The molecule has 0 aromatic rings. The van der Waals surface area contributed by atoms with Gasteiger partial charge in [0.15, 0.2) is 0 Å². The molecule has 5 aliphatic carbocycles. The van der Waals surface area contributed by atoms with E-state index in [1.165, 1.54) is 70.6 Å². The van der Waals surface area contributed by atoms with Crippen molar-refractivity contribution in [1.82, 2.24) is 10.6 Å². The minimum Gasteiger partial charge on any atom is -0.392 e. The number of likely N-dealkylation sites (N-methyl/N-ethyl adjacent to an activating group) is 1. The van der Waals surface area contributed by atoms with Crippen LogP contribution in [0.15, 0.2) is 0 Å². The second-order valence-electron chi connectivity index (χ2n) is 14.5. The van der Waals surface area contributed by atoms with Crippen molar-refractivity contribution in [2.75, 3.05) is 13.6 Å². The predicted octanol–water partition coefficient (Wildman–Crippen LogP) is 5.02. The van der Waals surface area contributed by atoms with Crippen LogP contribution in [0.3, 0.4) is 0 Å². The van der Waals surface area contributed by atoms with Crippen LogP contribution in [0.2, 0.25) is 0 Å². The summed E-state index contributed by atoms with van der Waals surface area (Å²) in [6.07, 6.45) is 17.9. The van der Waals surface area contributed by atoms with Crippen molar-refractivity contribution < 1.29 is 10.2 Å². The van der Waals surface area contributed by atoms with E-state index in [-0.39, 0.29) is 22.3 Å². The second-order valence-corrected chi connectivity index (χ2v) is 14.5. The summed E-state index contributed by atoms with van der Waals surface area (Å²) in [6.45, 7) is 5.76. The molecular formula is C30H52N2O2. The molecule has 0 aromatic heterocycles. The van der Waals surface area contributed by atoms with Crippen LogP contribution in [0.4, 0.5) is 0 Å². The summed E-state index contributed by atoms with van der Waals surface area (Å²) in [7, 11) is 2.09. The molecule has 6 aliphatic rings. The van der Waals surface area contributed by atoms with Crippen LogP contribution in [-0.4, -0.2) is 47.6 Å². The van der Waals surface area contributed by atoms with Gasteiger partial charge < -0.3 is 20.8 Å². The Bertz CT molecular complexity index is 775. The molecule has 4 nitrogen and oxygen atoms in total. The van der Waals surface area contributed by atoms with Gasteiger partial charge in [0.2, 0.25) is 0 Å². The van der Waals surface area contributed by atoms with E-state index in [4.69, 9.17) is 0 Å². The van der Waals surface area contributed by atoms with Gasteiger partial charge in [-0.3, -0.25) is 0 Å². The van der Waals surface area contributed by atoms with E-state index < -0.39 is 5.60 Å². The summed E-state index contributed by atoms with van der Waals surface area (Å²) < 4.78 is 0. The molecule has 4 N–H and O–H groups in total. The van der Waals surface area contributed by atoms with Crippen LogP contribution in [0.1, 0.15) is 110 Å². The fraction of sp³-hybridized carbons (Fsp3) is 1.00. The lowest BCUT2D eigenvalue weighted by Gasteiger charge is -2.75. The first-order chi connectivity index (χ1) is 16.3. The Labute approximate surface area is 208 Å². The van der Waals surface area contributed by atoms with Crippen LogP contribution in [-0.2, 0) is 0 Å². The highest BCUT2D eigenvalue weighted by molar-refractivity contribution is 5.29. The summed E-state index contributed by atoms with van der Waals surface area (Å²) in [5.74, 6) is 2.51. The highest BCUT2D eigenvalue weighted by atomic mass is 16.3. The summed E-state index contributed by atoms with van der Waals surface area (Å²) in [6, 6.07) is 1.21. The Kier molecular flexibility index (Phi) is 6.00. The smallest absolute Gasteiger partial charge is 0.0687 e. The molecule has 0 radical (unpaired) electrons. The number of hydrogen-bond acceptors (Lipinski definition) is 4. The first-order valence-electron chi connectivity index (χ1n) is 15.1. The number of hydrogen-bond donors (Lipinski definition) is 4. The number of unbranched alkanes of at least 4 members (excludes halogenated alkanes) is 2. The van der Waals surface area contributed by atoms with Gasteiger partial charge in [0.05, 0.1) is 11.7 Å². The van der Waals surface area contributed by atoms with Gasteiger partial charge in [-0.2, -0.15) is 0 Å². The third-order valence-electron chi connectivity index (χ3n) is 12.6. The summed E-state index contributed by atoms with van der Waals surface area (Å²) >= 11 is 0. The monoisotopic (exact) mass is 472 g/mol. The Hall–Kier alpha value is -0.160. The minimum atomic E-state index is -0.538. The van der Waals surface area contributed by atoms with E-state index in [1.807, 2.05) is 0 Å². The molecule has 6 fully saturated rings. The maximum absolute atomic E-state index is 12.2. The van der Waals surface area contributed by atoms with E-state index >= 15 is 0 Å². The van der Waals surface area contributed by atoms with Gasteiger partial charge in [-0.05, 0) is 106 Å². The number of piperidine rings is 1. The van der Waals surface area contributed by atoms with Crippen molar-refractivity contribution in [3.63, 3.8) is 0 Å². The lowest BCUT2D eigenvalue weighted by Crippen LogP contribution is -2.76. The Morgan fingerprint density at radius 3 is 2.71 bits per heavy atom. The van der Waals surface area contributed by atoms with Gasteiger partial charge in [0.1, 0.15) is 0 Å². The van der Waals surface area contributed by atoms with E-state index in [0.717, 1.165) is 38.1 Å². The van der Waals surface area contributed by atoms with Crippen molar-refractivity contribution in [2.24, 2.45) is 39.9 Å². The van der Waals surface area contributed by atoms with Crippen LogP contribution >= 0.6 is 0 Å². The lowest BCUT2D eigenvalue weighted by atomic mass is 9.31. The zero-order chi connectivity index (χ0) is 23.8. The predicted molar refractivity (Wildman–Crippen MR) is 137 cm³/mol. The molecule has 1 aliphatic heterocycles. The van der Waals surface area contributed by atoms with Crippen molar-refractivity contribution in [3.8, 4) is 0 Å². The van der Waals surface area contributed by atoms with E-state index in [9.17, 15) is 10.2 Å². The standard InChI is InChI=1S/C30H52N2O2/c1-4-5-6-8-20-13-23-26-21(9-10-22(32-26)18-31-3)15-30-24(16-28(23,30)14-20)29(34)12-7-11-27(2,19-29)17-25(30)33/h20-26,31-34H,4-19H2,1-3H3. The maximum Gasteiger partial charge on any atom is 0.0687 e. The number of nitrogens with one attached hydrogen (secondary N) is 2. The average Bonchev–Trinajstić information content (AvgIpc) is 3.16. The SMILES string of the molecule is CCCCCC1CC2C3NC(CNC)CCC3CC34C(O)CC5(C)CCCC(O)(C5)C3CC24C1. The molecule has 1 heterocycles. The van der Waals surface area contributed by atoms with E-state index in [1.54, 1.807) is 0 Å². The highest BCUT2D eigenvalue weighted by Gasteiger charge is 2.80. The Morgan fingerprint density at radius 1 is 1.06 bits per heavy atom. The zero-order valence-corrected chi connectivity index (χ0v) is 22.2. The Balaban J connectivity index is 1.38. The second kappa shape index (κ2) is 8.43. The van der Waals surface area contributed by atoms with Gasteiger partial charge >= 0.3 is 0 Å². The normalized spacial score (nSPS) is 55.9. The van der Waals surface area contributed by atoms with Gasteiger partial charge in [-0.25, -0.2) is 0 Å². The molecule has 2 spiro atoms. The fourth-order valence-electron chi connectivity index (χ4n) is 11.6. The topological polar surface area (TPSA) is 64.5 Å². The van der Waals surface area contributed by atoms with Crippen LogP contribution in [0, 0.1) is 39.9 Å². The van der Waals surface area contributed by atoms with Crippen LogP contribution in [0.5, 0.6) is 0 Å². The molecule has 1 saturated heterocycles. The van der Waals surface area contributed by atoms with E-state index in [2.05, 4.69) is 31.5 Å². The molecule has 6 rings (SSSR count). The van der Waals surface area contributed by atoms with E-state index in [0.29, 0.717) is 29.8 Å². The van der Waals surface area contributed by atoms with Gasteiger partial charge in [-0.1, -0.05) is 46.0 Å². The van der Waals surface area contributed by atoms with Crippen molar-refractivity contribution >= 4 is 0 Å². The number of aliphatic hydroxyl groups is 2. The third-order valence-corrected chi connectivity index (χ3v) is 12.6. The lowest BCUT2D eigenvalue weighted by molar-refractivity contribution is -0.305. The molecule has 5 saturated carbocycles. The van der Waals surface area contributed by atoms with Gasteiger partial charge in [-0.15, -0.1) is 0 Å². The number of fused-ring (bicyclic) bond motifs is 5. The van der Waals surface area contributed by atoms with Crippen LogP contribution in [0.25, 0.3) is 0 Å². The van der Waals surface area contributed by atoms with Crippen LogP contribution < -0.4 is 10.6 Å². The summed E-state index contributed by atoms with van der Waals surface area (Å²) in [5, 5.41) is 32.0. The maximum atomic E-state index is 12.2. The number of rotatable bonds is 6. The zero-order valence-electron chi connectivity index (χ0n) is 22.2. The van der Waals surface area contributed by atoms with Crippen molar-refractivity contribution in [3.05, 3.63) is 0 Å². The molecule has 2 bridgehead atoms. The first-order valence-corrected chi connectivity index (χ1v) is 15.1. The summed E-state index contributed by atoms with van der Waals surface area (Å²) in [4.78, 5) is 0. The molecule has 4 heteroatoms. The molecule has 11 atom stereocenters. The molecule has 0 aromatic carbocycles. The highest BCUT2D eigenvalue weighted by Crippen LogP contribution is 2.82.